The van der Waals surface area contributed by atoms with Crippen molar-refractivity contribution >= 4 is 35.0 Å². The van der Waals surface area contributed by atoms with Gasteiger partial charge in [0.05, 0.1) is 10.7 Å². The zero-order chi connectivity index (χ0) is 23.3. The zero-order valence-electron chi connectivity index (χ0n) is 19.6. The molecule has 0 aliphatic rings. The normalized spacial score (nSPS) is 12.5. The first-order valence-corrected chi connectivity index (χ1v) is 11.1. The standard InChI is InChI=1S/C28H30ClN3/c1-7-30-17-22(6)28(32-27-20(4)12-9-13-24(27)29)31-25-15-14-23(16-21(25)5)26-18(2)10-8-11-19(26)3/h7-17H,1-6H3,(H,31,32)/b22-17+,30-7?. The van der Waals surface area contributed by atoms with Gasteiger partial charge in [-0.25, -0.2) is 4.99 Å². The second-order valence-corrected chi connectivity index (χ2v) is 8.41. The number of nitrogens with zero attached hydrogens (tertiary/aromatic N) is 2. The van der Waals surface area contributed by atoms with E-state index in [1.165, 1.54) is 22.3 Å². The lowest BCUT2D eigenvalue weighted by atomic mass is 9.94. The van der Waals surface area contributed by atoms with Gasteiger partial charge < -0.3 is 5.32 Å². The Morgan fingerprint density at radius 1 is 0.875 bits per heavy atom. The fraction of sp³-hybridized carbons (Fsp3) is 0.214. The van der Waals surface area contributed by atoms with E-state index in [0.717, 1.165) is 33.9 Å². The van der Waals surface area contributed by atoms with Gasteiger partial charge in [-0.05, 0) is 93.1 Å². The van der Waals surface area contributed by atoms with Crippen LogP contribution in [0, 0.1) is 27.7 Å². The molecule has 4 heteroatoms. The van der Waals surface area contributed by atoms with Gasteiger partial charge in [0.2, 0.25) is 0 Å². The van der Waals surface area contributed by atoms with Crippen molar-refractivity contribution in [2.45, 2.75) is 41.5 Å². The highest BCUT2D eigenvalue weighted by molar-refractivity contribution is 6.33. The van der Waals surface area contributed by atoms with Gasteiger partial charge in [-0.15, -0.1) is 0 Å². The Morgan fingerprint density at radius 3 is 2.16 bits per heavy atom. The molecule has 3 aromatic rings. The van der Waals surface area contributed by atoms with Crippen LogP contribution in [0.25, 0.3) is 11.1 Å². The molecule has 0 bridgehead atoms. The molecular weight excluding hydrogens is 414 g/mol. The number of para-hydroxylation sites is 1. The van der Waals surface area contributed by atoms with Crippen LogP contribution in [0.2, 0.25) is 5.02 Å². The summed E-state index contributed by atoms with van der Waals surface area (Å²) in [4.78, 5) is 9.16. The summed E-state index contributed by atoms with van der Waals surface area (Å²) < 4.78 is 0. The van der Waals surface area contributed by atoms with E-state index < -0.39 is 0 Å². The molecule has 0 saturated heterocycles. The predicted molar refractivity (Wildman–Crippen MR) is 141 cm³/mol. The third-order valence-corrected chi connectivity index (χ3v) is 5.76. The maximum absolute atomic E-state index is 6.45. The van der Waals surface area contributed by atoms with E-state index in [-0.39, 0.29) is 0 Å². The average Bonchev–Trinajstić information content (AvgIpc) is 2.75. The molecule has 0 aromatic heterocycles. The Labute approximate surface area is 196 Å². The molecule has 164 valence electrons. The zero-order valence-corrected chi connectivity index (χ0v) is 20.4. The van der Waals surface area contributed by atoms with Gasteiger partial charge in [0.15, 0.2) is 0 Å². The van der Waals surface area contributed by atoms with E-state index in [0.29, 0.717) is 5.02 Å². The molecule has 0 saturated carbocycles. The summed E-state index contributed by atoms with van der Waals surface area (Å²) in [5, 5.41) is 4.14. The molecular formula is C28H30ClN3. The summed E-state index contributed by atoms with van der Waals surface area (Å²) in [6.45, 7) is 12.3. The Bertz CT molecular complexity index is 1180. The Morgan fingerprint density at radius 2 is 1.53 bits per heavy atom. The molecule has 0 atom stereocenters. The van der Waals surface area contributed by atoms with E-state index in [1.807, 2.05) is 39.0 Å². The van der Waals surface area contributed by atoms with Crippen LogP contribution in [-0.2, 0) is 0 Å². The number of halogens is 1. The molecule has 0 heterocycles. The van der Waals surface area contributed by atoms with E-state index >= 15 is 0 Å². The molecule has 0 fully saturated rings. The second kappa shape index (κ2) is 10.4. The van der Waals surface area contributed by atoms with Crippen molar-refractivity contribution in [3.8, 4) is 11.1 Å². The highest BCUT2D eigenvalue weighted by Gasteiger charge is 2.11. The summed E-state index contributed by atoms with van der Waals surface area (Å²) in [6.07, 6.45) is 3.56. The van der Waals surface area contributed by atoms with Crippen LogP contribution in [0.15, 0.2) is 76.4 Å². The molecule has 0 radical (unpaired) electrons. The first kappa shape index (κ1) is 23.5. The molecule has 3 aromatic carbocycles. The van der Waals surface area contributed by atoms with Crippen LogP contribution in [-0.4, -0.2) is 12.1 Å². The number of nitrogens with one attached hydrogen (secondary N) is 1. The first-order chi connectivity index (χ1) is 15.3. The van der Waals surface area contributed by atoms with Crippen molar-refractivity contribution in [2.24, 2.45) is 9.98 Å². The molecule has 32 heavy (non-hydrogen) atoms. The third-order valence-electron chi connectivity index (χ3n) is 5.45. The highest BCUT2D eigenvalue weighted by Crippen LogP contribution is 2.32. The van der Waals surface area contributed by atoms with E-state index in [9.17, 15) is 0 Å². The minimum atomic E-state index is 0.623. The SMILES string of the molecule is CC=N/C=C(\C)C(=Nc1c(C)cccc1Cl)Nc1ccc(-c2c(C)cccc2C)cc1C. The van der Waals surface area contributed by atoms with Gasteiger partial charge in [0, 0.05) is 23.7 Å². The molecule has 0 spiro atoms. The smallest absolute Gasteiger partial charge is 0.135 e. The molecule has 3 rings (SSSR count). The van der Waals surface area contributed by atoms with Gasteiger partial charge in [0.25, 0.3) is 0 Å². The van der Waals surface area contributed by atoms with Crippen molar-refractivity contribution in [1.29, 1.82) is 0 Å². The van der Waals surface area contributed by atoms with E-state index in [1.54, 1.807) is 12.4 Å². The summed E-state index contributed by atoms with van der Waals surface area (Å²) in [5.41, 5.74) is 9.89. The minimum absolute atomic E-state index is 0.623. The number of rotatable bonds is 5. The minimum Gasteiger partial charge on any atom is -0.340 e. The van der Waals surface area contributed by atoms with Crippen molar-refractivity contribution in [2.75, 3.05) is 5.32 Å². The van der Waals surface area contributed by atoms with E-state index in [4.69, 9.17) is 16.6 Å². The lowest BCUT2D eigenvalue weighted by molar-refractivity contribution is 1.34. The molecule has 0 amide bonds. The number of aliphatic imine (C=N–C) groups is 2. The van der Waals surface area contributed by atoms with Crippen molar-refractivity contribution in [1.82, 2.24) is 0 Å². The number of aryl methyl sites for hydroxylation is 4. The first-order valence-electron chi connectivity index (χ1n) is 10.7. The Kier molecular flexibility index (Phi) is 7.66. The van der Waals surface area contributed by atoms with Crippen LogP contribution in [0.1, 0.15) is 36.1 Å². The van der Waals surface area contributed by atoms with Crippen LogP contribution < -0.4 is 5.32 Å². The van der Waals surface area contributed by atoms with Crippen LogP contribution in [0.5, 0.6) is 0 Å². The van der Waals surface area contributed by atoms with E-state index in [2.05, 4.69) is 67.5 Å². The van der Waals surface area contributed by atoms with Crippen LogP contribution in [0.4, 0.5) is 11.4 Å². The van der Waals surface area contributed by atoms with Gasteiger partial charge in [-0.3, -0.25) is 4.99 Å². The summed E-state index contributed by atoms with van der Waals surface area (Å²) in [7, 11) is 0. The maximum Gasteiger partial charge on any atom is 0.135 e. The van der Waals surface area contributed by atoms with Gasteiger partial charge >= 0.3 is 0 Å². The fourth-order valence-electron chi connectivity index (χ4n) is 3.70. The molecule has 3 nitrogen and oxygen atoms in total. The third kappa shape index (κ3) is 5.35. The van der Waals surface area contributed by atoms with Gasteiger partial charge in [-0.2, -0.15) is 0 Å². The molecule has 0 unspecified atom stereocenters. The maximum atomic E-state index is 6.45. The summed E-state index contributed by atoms with van der Waals surface area (Å²) in [5.74, 6) is 0.717. The van der Waals surface area contributed by atoms with Gasteiger partial charge in [0.1, 0.15) is 5.84 Å². The Hall–Kier alpha value is -3.17. The largest absolute Gasteiger partial charge is 0.340 e. The Balaban J connectivity index is 2.04. The number of benzene rings is 3. The lowest BCUT2D eigenvalue weighted by Gasteiger charge is -2.16. The van der Waals surface area contributed by atoms with Crippen molar-refractivity contribution in [3.63, 3.8) is 0 Å². The summed E-state index contributed by atoms with van der Waals surface area (Å²) >= 11 is 6.45. The van der Waals surface area contributed by atoms with Gasteiger partial charge in [-0.1, -0.05) is 48.0 Å². The predicted octanol–water partition coefficient (Wildman–Crippen LogP) is 8.38. The number of amidine groups is 1. The highest BCUT2D eigenvalue weighted by atomic mass is 35.5. The topological polar surface area (TPSA) is 36.8 Å². The average molecular weight is 444 g/mol. The van der Waals surface area contributed by atoms with Crippen molar-refractivity contribution < 1.29 is 0 Å². The second-order valence-electron chi connectivity index (χ2n) is 8.01. The van der Waals surface area contributed by atoms with Crippen LogP contribution >= 0.6 is 11.6 Å². The molecule has 0 aliphatic heterocycles. The monoisotopic (exact) mass is 443 g/mol. The summed E-state index contributed by atoms with van der Waals surface area (Å²) in [6, 6.07) is 18.7. The molecule has 1 N–H and O–H groups in total. The number of hydrogen-bond acceptors (Lipinski definition) is 2. The van der Waals surface area contributed by atoms with Crippen LogP contribution in [0.3, 0.4) is 0 Å². The lowest BCUT2D eigenvalue weighted by Crippen LogP contribution is -2.14. The number of anilines is 1. The van der Waals surface area contributed by atoms with Crippen molar-refractivity contribution in [3.05, 3.63) is 93.6 Å². The quantitative estimate of drug-likeness (QED) is 0.312. The fourth-order valence-corrected chi connectivity index (χ4v) is 3.96. The molecule has 0 aliphatic carbocycles. The number of hydrogen-bond donors (Lipinski definition) is 1.